The van der Waals surface area contributed by atoms with Gasteiger partial charge in [-0.2, -0.15) is 0 Å². The van der Waals surface area contributed by atoms with Crippen LogP contribution in [0.1, 0.15) is 72.8 Å². The quantitative estimate of drug-likeness (QED) is 0.0492. The predicted octanol–water partition coefficient (Wildman–Crippen LogP) is 11.4. The summed E-state index contributed by atoms with van der Waals surface area (Å²) in [6.07, 6.45) is 5.90. The van der Waals surface area contributed by atoms with E-state index in [9.17, 15) is 9.90 Å². The Bertz CT molecular complexity index is 2050. The summed E-state index contributed by atoms with van der Waals surface area (Å²) in [5.74, 6) is 1.09. The van der Waals surface area contributed by atoms with Crippen LogP contribution in [0.25, 0.3) is 54.9 Å². The number of carbonyl (C=O) groups excluding carboxylic acids is 1. The fourth-order valence-corrected chi connectivity index (χ4v) is 6.74. The molecule has 1 radical (unpaired) electrons. The molecular weight excluding hydrogens is 771 g/mol. The second-order valence-electron chi connectivity index (χ2n) is 13.0. The molecule has 0 aliphatic heterocycles. The molecule has 0 bridgehead atoms. The van der Waals surface area contributed by atoms with Gasteiger partial charge in [0.15, 0.2) is 5.78 Å². The molecule has 0 saturated carbocycles. The summed E-state index contributed by atoms with van der Waals surface area (Å²) in [6, 6.07) is 31.0. The molecule has 253 valence electrons. The van der Waals surface area contributed by atoms with Crippen LogP contribution in [-0.2, 0) is 31.3 Å². The summed E-state index contributed by atoms with van der Waals surface area (Å²) >= 11 is 0. The molecule has 2 aromatic heterocycles. The van der Waals surface area contributed by atoms with E-state index in [2.05, 4.69) is 87.6 Å². The van der Waals surface area contributed by atoms with Crippen LogP contribution in [0.15, 0.2) is 95.1 Å². The van der Waals surface area contributed by atoms with E-state index in [4.69, 9.17) is 4.42 Å². The first-order valence-electron chi connectivity index (χ1n) is 17.2. The average Bonchev–Trinajstić information content (AvgIpc) is 3.46. The van der Waals surface area contributed by atoms with Crippen molar-refractivity contribution in [3.05, 3.63) is 109 Å². The van der Waals surface area contributed by atoms with Gasteiger partial charge in [-0.1, -0.05) is 95.5 Å². The maximum Gasteiger partial charge on any atom is 0.162 e. The summed E-state index contributed by atoms with van der Waals surface area (Å²) in [5.41, 5.74) is 6.19. The summed E-state index contributed by atoms with van der Waals surface area (Å²) in [5, 5.41) is 15.8. The van der Waals surface area contributed by atoms with E-state index in [1.54, 1.807) is 0 Å². The van der Waals surface area contributed by atoms with Crippen molar-refractivity contribution in [1.29, 1.82) is 0 Å². The average molecular weight is 819 g/mol. The number of rotatable bonds is 10. The number of furan rings is 1. The number of allylic oxidation sites excluding steroid dienone is 2. The number of aliphatic hydroxyl groups excluding tert-OH is 1. The molecule has 1 N–H and O–H groups in total. The largest absolute Gasteiger partial charge is 0.512 e. The van der Waals surface area contributed by atoms with E-state index in [1.165, 1.54) is 27.8 Å². The Hall–Kier alpha value is -3.92. The van der Waals surface area contributed by atoms with Crippen molar-refractivity contribution in [3.63, 3.8) is 0 Å². The molecule has 0 fully saturated rings. The third-order valence-electron chi connectivity index (χ3n) is 9.43. The van der Waals surface area contributed by atoms with Gasteiger partial charge in [-0.05, 0) is 78.1 Å². The normalized spacial score (nSPS) is 11.9. The molecule has 2 heterocycles. The SMILES string of the molecule is CCC(CC)C(=O)/C=C(\O)C(CC)CC.[CH2-][n+]1c(-c2[c-]ccc3c2oc2ccccc23)cc(CC(C)C)c2c3ccccc3ccc21.[Ir]. The molecule has 48 heavy (non-hydrogen) atoms. The first-order chi connectivity index (χ1) is 22.7. The number of carbonyl (C=O) groups is 1. The van der Waals surface area contributed by atoms with Gasteiger partial charge in [0.2, 0.25) is 0 Å². The van der Waals surface area contributed by atoms with Gasteiger partial charge in [0.05, 0.1) is 11.3 Å². The second-order valence-corrected chi connectivity index (χ2v) is 13.0. The van der Waals surface area contributed by atoms with E-state index in [-0.39, 0.29) is 43.5 Å². The smallest absolute Gasteiger partial charge is 0.162 e. The van der Waals surface area contributed by atoms with Crippen LogP contribution in [0.5, 0.6) is 0 Å². The maximum absolute atomic E-state index is 11.7. The molecule has 0 aliphatic rings. The molecule has 0 unspecified atom stereocenters. The molecule has 0 aliphatic carbocycles. The van der Waals surface area contributed by atoms with Crippen molar-refractivity contribution in [2.24, 2.45) is 17.8 Å². The minimum Gasteiger partial charge on any atom is -0.512 e. The van der Waals surface area contributed by atoms with Crippen LogP contribution >= 0.6 is 0 Å². The van der Waals surface area contributed by atoms with E-state index < -0.39 is 0 Å². The van der Waals surface area contributed by atoms with Gasteiger partial charge >= 0.3 is 0 Å². The first kappa shape index (κ1) is 36.9. The topological polar surface area (TPSA) is 54.3 Å². The zero-order valence-corrected chi connectivity index (χ0v) is 31.5. The summed E-state index contributed by atoms with van der Waals surface area (Å²) in [4.78, 5) is 11.7. The third kappa shape index (κ3) is 7.53. The fourth-order valence-electron chi connectivity index (χ4n) is 6.74. The third-order valence-corrected chi connectivity index (χ3v) is 9.43. The van der Waals surface area contributed by atoms with E-state index in [0.29, 0.717) is 5.92 Å². The number of ketones is 1. The van der Waals surface area contributed by atoms with Gasteiger partial charge in [0.25, 0.3) is 0 Å². The molecule has 6 rings (SSSR count). The van der Waals surface area contributed by atoms with Gasteiger partial charge in [-0.25, -0.2) is 0 Å². The Labute approximate surface area is 299 Å². The number of benzene rings is 4. The van der Waals surface area contributed by atoms with Crippen molar-refractivity contribution >= 4 is 49.4 Å². The Morgan fingerprint density at radius 2 is 1.52 bits per heavy atom. The van der Waals surface area contributed by atoms with E-state index in [1.807, 2.05) is 50.5 Å². The Morgan fingerprint density at radius 1 is 0.875 bits per heavy atom. The van der Waals surface area contributed by atoms with Crippen molar-refractivity contribution in [1.82, 2.24) is 0 Å². The second kappa shape index (κ2) is 16.5. The molecule has 4 aromatic carbocycles. The number of hydrogen-bond donors (Lipinski definition) is 1. The van der Waals surface area contributed by atoms with Gasteiger partial charge in [0.1, 0.15) is 16.8 Å². The van der Waals surface area contributed by atoms with Crippen molar-refractivity contribution in [2.45, 2.75) is 73.6 Å². The summed E-state index contributed by atoms with van der Waals surface area (Å²) in [7, 11) is 4.47. The summed E-state index contributed by atoms with van der Waals surface area (Å²) < 4.78 is 8.37. The molecule has 0 atom stereocenters. The number of aromatic nitrogens is 1. The van der Waals surface area contributed by atoms with Crippen LogP contribution < -0.4 is 4.57 Å². The van der Waals surface area contributed by atoms with E-state index in [0.717, 1.165) is 70.8 Å². The van der Waals surface area contributed by atoms with Crippen molar-refractivity contribution in [3.8, 4) is 11.3 Å². The Kier molecular flexibility index (Phi) is 12.7. The zero-order valence-electron chi connectivity index (χ0n) is 29.1. The number of aliphatic hydroxyl groups is 1. The standard InChI is InChI=1S/C30H24NO.C13H24O2.Ir/c1-19(2)17-21-18-27(31(3)26-16-15-20-9-4-5-10-22(20)29(21)26)25-13-8-12-24-23-11-6-7-14-28(23)32-30(24)25;1-5-10(6-2)12(14)9-13(15)11(7-3)8-4;/h4-12,14-16,18-19H,3,17H2,1-2H3;9-11,14H,5-8H2,1-4H3;/q-1;;/b;12-9-;. The fraction of sp³-hybridized carbons (Fsp3) is 0.326. The Morgan fingerprint density at radius 3 is 2.19 bits per heavy atom. The van der Waals surface area contributed by atoms with E-state index >= 15 is 0 Å². The predicted molar refractivity (Wildman–Crippen MR) is 196 cm³/mol. The molecule has 5 heteroatoms. The minimum atomic E-state index is 0. The molecule has 4 nitrogen and oxygen atoms in total. The van der Waals surface area contributed by atoms with Crippen molar-refractivity contribution < 1.29 is 39.0 Å². The van der Waals surface area contributed by atoms with Crippen molar-refractivity contribution in [2.75, 3.05) is 0 Å². The zero-order chi connectivity index (χ0) is 33.7. The number of fused-ring (bicyclic) bond motifs is 6. The monoisotopic (exact) mass is 819 g/mol. The Balaban J connectivity index is 0.000000279. The van der Waals surface area contributed by atoms with Crippen LogP contribution in [0.2, 0.25) is 0 Å². The molecular formula is C43H48IrNO3-. The first-order valence-corrected chi connectivity index (χ1v) is 17.2. The molecule has 0 spiro atoms. The van der Waals surface area contributed by atoms with Gasteiger partial charge < -0.3 is 14.1 Å². The van der Waals surface area contributed by atoms with Gasteiger partial charge in [0, 0.05) is 55.8 Å². The van der Waals surface area contributed by atoms with Gasteiger partial charge in [-0.15, -0.1) is 18.2 Å². The number of pyridine rings is 1. The van der Waals surface area contributed by atoms with Crippen LogP contribution in [0.3, 0.4) is 0 Å². The van der Waals surface area contributed by atoms with Crippen LogP contribution in [-0.4, -0.2) is 10.9 Å². The summed E-state index contributed by atoms with van der Waals surface area (Å²) in [6.45, 7) is 12.6. The molecule has 0 amide bonds. The number of para-hydroxylation sites is 1. The molecule has 0 saturated heterocycles. The number of nitrogens with zero attached hydrogens (tertiary/aromatic N) is 1. The minimum absolute atomic E-state index is 0. The number of hydrogen-bond acceptors (Lipinski definition) is 3. The maximum atomic E-state index is 11.7. The van der Waals surface area contributed by atoms with Gasteiger partial charge in [-0.3, -0.25) is 4.79 Å². The molecule has 6 aromatic rings. The van der Waals surface area contributed by atoms with Crippen LogP contribution in [0.4, 0.5) is 0 Å². The van der Waals surface area contributed by atoms with Crippen LogP contribution in [0, 0.1) is 30.9 Å².